The molecule has 6 amide bonds. The van der Waals surface area contributed by atoms with Crippen molar-refractivity contribution in [1.82, 2.24) is 42.2 Å². The topological polar surface area (TPSA) is 292 Å². The first kappa shape index (κ1) is 50.1. The summed E-state index contributed by atoms with van der Waals surface area (Å²) in [5, 5.41) is 27.5. The number of esters is 2. The van der Waals surface area contributed by atoms with E-state index in [4.69, 9.17) is 9.47 Å². The smallest absolute Gasteiger partial charge is 0.323 e. The molecule has 0 saturated carbocycles. The molecule has 20 nitrogen and oxygen atoms in total. The Kier molecular flexibility index (Phi) is 19.6. The molecule has 20 heteroatoms. The van der Waals surface area contributed by atoms with Crippen LogP contribution in [0.2, 0.25) is 0 Å². The SMILES string of the molecule is CCC(=O)NC(Cc1c[nH]c2ccccc12)C(=O)NC(CC(=O)NC(C)(C)C)C(=O)NC(CC(=O)OC)C(=O)NC(C(=O)NCC(=O)O)C(C)OC(=O)C(NC)C(C)CC. The molecule has 332 valence electrons. The van der Waals surface area contributed by atoms with Crippen molar-refractivity contribution in [1.29, 1.82) is 0 Å². The number of nitrogens with one attached hydrogen (secondary N) is 8. The lowest BCUT2D eigenvalue weighted by Gasteiger charge is -2.29. The quantitative estimate of drug-likeness (QED) is 0.0650. The van der Waals surface area contributed by atoms with Crippen molar-refractivity contribution in [3.63, 3.8) is 0 Å². The highest BCUT2D eigenvalue weighted by molar-refractivity contribution is 5.99. The number of hydrogen-bond acceptors (Lipinski definition) is 12. The van der Waals surface area contributed by atoms with E-state index in [9.17, 15) is 48.3 Å². The zero-order valence-corrected chi connectivity index (χ0v) is 35.6. The Balaban J connectivity index is 2.51. The van der Waals surface area contributed by atoms with Crippen LogP contribution in [0.3, 0.4) is 0 Å². The van der Waals surface area contributed by atoms with E-state index in [1.165, 1.54) is 14.0 Å². The van der Waals surface area contributed by atoms with E-state index in [1.54, 1.807) is 46.9 Å². The predicted molar refractivity (Wildman–Crippen MR) is 218 cm³/mol. The summed E-state index contributed by atoms with van der Waals surface area (Å²) in [5.41, 5.74) is 0.689. The molecule has 0 bridgehead atoms. The van der Waals surface area contributed by atoms with Crippen LogP contribution in [0.1, 0.15) is 79.7 Å². The maximum atomic E-state index is 14.1. The Morgan fingerprint density at radius 2 is 1.38 bits per heavy atom. The number of benzene rings is 1. The third-order valence-corrected chi connectivity index (χ3v) is 9.38. The van der Waals surface area contributed by atoms with E-state index in [1.807, 2.05) is 25.1 Å². The number of H-pyrrole nitrogens is 1. The maximum absolute atomic E-state index is 14.1. The van der Waals surface area contributed by atoms with Gasteiger partial charge in [-0.3, -0.25) is 43.2 Å². The molecule has 0 spiro atoms. The summed E-state index contributed by atoms with van der Waals surface area (Å²) in [6.07, 6.45) is -0.600. The molecular formula is C40H60N8O12. The molecule has 1 aromatic carbocycles. The van der Waals surface area contributed by atoms with Crippen LogP contribution in [0.5, 0.6) is 0 Å². The van der Waals surface area contributed by atoms with Crippen LogP contribution < -0.4 is 37.2 Å². The van der Waals surface area contributed by atoms with Crippen LogP contribution in [-0.2, 0) is 59.0 Å². The number of rotatable bonds is 23. The molecule has 1 aromatic heterocycles. The molecule has 0 saturated heterocycles. The van der Waals surface area contributed by atoms with Crippen molar-refractivity contribution >= 4 is 64.3 Å². The van der Waals surface area contributed by atoms with Crippen molar-refractivity contribution in [2.45, 2.75) is 122 Å². The number of ether oxygens (including phenoxy) is 2. The van der Waals surface area contributed by atoms with Gasteiger partial charge < -0.3 is 56.8 Å². The fourth-order valence-electron chi connectivity index (χ4n) is 6.01. The fourth-order valence-corrected chi connectivity index (χ4v) is 6.01. The first-order valence-corrected chi connectivity index (χ1v) is 19.6. The summed E-state index contributed by atoms with van der Waals surface area (Å²) in [5.74, 6) is -8.71. The van der Waals surface area contributed by atoms with Gasteiger partial charge in [-0.2, -0.15) is 0 Å². The fraction of sp³-hybridized carbons (Fsp3) is 0.575. The minimum absolute atomic E-state index is 0.0159. The first-order chi connectivity index (χ1) is 28.1. The molecule has 60 heavy (non-hydrogen) atoms. The van der Waals surface area contributed by atoms with Crippen molar-refractivity contribution in [2.24, 2.45) is 5.92 Å². The molecule has 0 aliphatic heterocycles. The highest BCUT2D eigenvalue weighted by Crippen LogP contribution is 2.20. The number of aliphatic carboxylic acids is 1. The molecule has 0 aliphatic rings. The van der Waals surface area contributed by atoms with Gasteiger partial charge in [-0.25, -0.2) is 0 Å². The van der Waals surface area contributed by atoms with Gasteiger partial charge in [0.2, 0.25) is 35.4 Å². The molecule has 2 rings (SSSR count). The van der Waals surface area contributed by atoms with Gasteiger partial charge >= 0.3 is 17.9 Å². The summed E-state index contributed by atoms with van der Waals surface area (Å²) >= 11 is 0. The lowest BCUT2D eigenvalue weighted by atomic mass is 9.99. The lowest BCUT2D eigenvalue weighted by Crippen LogP contribution is -2.61. The van der Waals surface area contributed by atoms with Gasteiger partial charge in [0.05, 0.1) is 20.0 Å². The summed E-state index contributed by atoms with van der Waals surface area (Å²) in [7, 11) is 2.56. The average Bonchev–Trinajstić information content (AvgIpc) is 3.59. The van der Waals surface area contributed by atoms with Crippen LogP contribution in [0, 0.1) is 5.92 Å². The van der Waals surface area contributed by atoms with E-state index >= 15 is 0 Å². The van der Waals surface area contributed by atoms with Gasteiger partial charge in [0.1, 0.15) is 42.9 Å². The Morgan fingerprint density at radius 3 is 1.95 bits per heavy atom. The number of aromatic nitrogens is 1. The zero-order valence-electron chi connectivity index (χ0n) is 35.6. The number of carboxylic acid groups (broad SMARTS) is 1. The second kappa shape index (κ2) is 23.5. The maximum Gasteiger partial charge on any atom is 0.323 e. The Morgan fingerprint density at radius 1 is 0.783 bits per heavy atom. The highest BCUT2D eigenvalue weighted by atomic mass is 16.5. The van der Waals surface area contributed by atoms with Crippen LogP contribution in [0.25, 0.3) is 10.9 Å². The van der Waals surface area contributed by atoms with Crippen molar-refractivity contribution < 1.29 is 57.7 Å². The molecule has 0 aliphatic carbocycles. The number of methoxy groups -OCH3 is 1. The molecule has 0 fully saturated rings. The van der Waals surface area contributed by atoms with Crippen molar-refractivity contribution in [3.8, 4) is 0 Å². The summed E-state index contributed by atoms with van der Waals surface area (Å²) < 4.78 is 10.3. The van der Waals surface area contributed by atoms with E-state index in [0.717, 1.165) is 18.0 Å². The van der Waals surface area contributed by atoms with Crippen LogP contribution >= 0.6 is 0 Å². The second-order valence-corrected chi connectivity index (χ2v) is 15.3. The molecular weight excluding hydrogens is 784 g/mol. The number of fused-ring (bicyclic) bond motifs is 1. The number of para-hydroxylation sites is 1. The Labute approximate surface area is 348 Å². The largest absolute Gasteiger partial charge is 0.480 e. The summed E-state index contributed by atoms with van der Waals surface area (Å²) in [6.45, 7) is 10.7. The molecule has 7 unspecified atom stereocenters. The number of hydrogen-bond donors (Lipinski definition) is 9. The van der Waals surface area contributed by atoms with Gasteiger partial charge in [0.15, 0.2) is 0 Å². The molecule has 2 aromatic rings. The average molecular weight is 845 g/mol. The Hall–Kier alpha value is -6.05. The van der Waals surface area contributed by atoms with Gasteiger partial charge in [-0.05, 0) is 52.3 Å². The third kappa shape index (κ3) is 16.0. The first-order valence-electron chi connectivity index (χ1n) is 19.6. The van der Waals surface area contributed by atoms with Crippen LogP contribution in [-0.4, -0.2) is 126 Å². The van der Waals surface area contributed by atoms with Crippen LogP contribution in [0.15, 0.2) is 30.5 Å². The minimum Gasteiger partial charge on any atom is -0.480 e. The molecule has 9 N–H and O–H groups in total. The number of carbonyl (C=O) groups excluding carboxylic acids is 8. The Bertz CT molecular complexity index is 1860. The van der Waals surface area contributed by atoms with E-state index in [-0.39, 0.29) is 18.8 Å². The van der Waals surface area contributed by atoms with E-state index < -0.39 is 115 Å². The second-order valence-electron chi connectivity index (χ2n) is 15.3. The standard InChI is InChI=1S/C40H60N8O12/c1-10-21(3)33(41-8)39(58)60-22(4)34(38(57)43-20-31(51)52)47-37(56)28(18-32(53)59-9)46-36(55)27(17-30(50)48-40(5,6)7)45-35(54)26(44-29(49)11-2)16-23-19-42-25-15-13-12-14-24(23)25/h12-15,19,21-22,26-28,33-34,41-42H,10-11,16-18,20H2,1-9H3,(H,43,57)(H,44,49)(H,45,54)(H,46,55)(H,47,56)(H,48,50)(H,51,52). The number of carbonyl (C=O) groups is 9. The lowest BCUT2D eigenvalue weighted by molar-refractivity contribution is -0.156. The van der Waals surface area contributed by atoms with E-state index in [2.05, 4.69) is 42.2 Å². The number of amides is 6. The van der Waals surface area contributed by atoms with Crippen molar-refractivity contribution in [3.05, 3.63) is 36.0 Å². The van der Waals surface area contributed by atoms with E-state index in [0.29, 0.717) is 12.0 Å². The van der Waals surface area contributed by atoms with Gasteiger partial charge in [0.25, 0.3) is 0 Å². The van der Waals surface area contributed by atoms with Crippen LogP contribution in [0.4, 0.5) is 0 Å². The van der Waals surface area contributed by atoms with Gasteiger partial charge in [0, 0.05) is 35.5 Å². The van der Waals surface area contributed by atoms with Crippen molar-refractivity contribution in [2.75, 3.05) is 20.7 Å². The third-order valence-electron chi connectivity index (χ3n) is 9.38. The minimum atomic E-state index is -1.82. The van der Waals surface area contributed by atoms with Gasteiger partial charge in [-0.15, -0.1) is 0 Å². The monoisotopic (exact) mass is 844 g/mol. The molecule has 0 radical (unpaired) electrons. The highest BCUT2D eigenvalue weighted by Gasteiger charge is 2.37. The predicted octanol–water partition coefficient (Wildman–Crippen LogP) is -0.306. The molecule has 1 heterocycles. The summed E-state index contributed by atoms with van der Waals surface area (Å²) in [6, 6.07) is -0.000359. The zero-order chi connectivity index (χ0) is 45.3. The molecule has 7 atom stereocenters. The van der Waals surface area contributed by atoms with Gasteiger partial charge in [-0.1, -0.05) is 45.4 Å². The normalized spacial score (nSPS) is 14.8. The number of carboxylic acids is 1. The number of likely N-dealkylation sites (N-methyl/N-ethyl adjacent to an activating group) is 1. The number of aromatic amines is 1. The summed E-state index contributed by atoms with van der Waals surface area (Å²) in [4.78, 5) is 121.